The number of fused-ring (bicyclic) bond motifs is 1. The van der Waals surface area contributed by atoms with Crippen LogP contribution in [0.15, 0.2) is 72.0 Å². The molecule has 1 aliphatic rings. The van der Waals surface area contributed by atoms with Crippen molar-refractivity contribution in [2.75, 3.05) is 32.5 Å². The molecule has 5 rings (SSSR count). The van der Waals surface area contributed by atoms with Crippen molar-refractivity contribution in [2.45, 2.75) is 17.7 Å². The molecule has 6 heteroatoms. The molecular formula is C25H26N4OS. The van der Waals surface area contributed by atoms with E-state index in [1.54, 1.807) is 11.8 Å². The highest BCUT2D eigenvalue weighted by Gasteiger charge is 2.12. The quantitative estimate of drug-likeness (QED) is 0.374. The number of rotatable bonds is 7. The molecule has 0 aliphatic carbocycles. The molecular weight excluding hydrogens is 404 g/mol. The van der Waals surface area contributed by atoms with E-state index in [2.05, 4.69) is 52.7 Å². The lowest BCUT2D eigenvalue weighted by Crippen LogP contribution is -2.25. The first-order valence-corrected chi connectivity index (χ1v) is 12.0. The highest BCUT2D eigenvalue weighted by molar-refractivity contribution is 7.98. The van der Waals surface area contributed by atoms with E-state index in [0.717, 1.165) is 46.8 Å². The van der Waals surface area contributed by atoms with Crippen molar-refractivity contribution in [3.8, 4) is 28.0 Å². The van der Waals surface area contributed by atoms with Gasteiger partial charge in [-0.25, -0.2) is 9.50 Å². The summed E-state index contributed by atoms with van der Waals surface area (Å²) < 4.78 is 7.78. The van der Waals surface area contributed by atoms with E-state index in [-0.39, 0.29) is 0 Å². The van der Waals surface area contributed by atoms with Gasteiger partial charge in [0.1, 0.15) is 12.4 Å². The predicted molar refractivity (Wildman–Crippen MR) is 127 cm³/mol. The van der Waals surface area contributed by atoms with Crippen LogP contribution in [0, 0.1) is 0 Å². The standard InChI is InChI=1S/C25H26N4OS/c1-31-23-6-4-5-20(15-23)24-17-27-29-18-21(16-26-25(24)29)19-7-9-22(10-8-19)30-14-13-28-11-2-3-12-28/h4-10,15-18H,2-3,11-14H2,1H3. The van der Waals surface area contributed by atoms with Crippen LogP contribution in [0.2, 0.25) is 0 Å². The van der Waals surface area contributed by atoms with Crippen LogP contribution in [-0.4, -0.2) is 52.0 Å². The SMILES string of the molecule is CSc1cccc(-c2cnn3cc(-c4ccc(OCCN5CCCC5)cc4)cnc23)c1. The smallest absolute Gasteiger partial charge is 0.162 e. The number of hydrogen-bond donors (Lipinski definition) is 0. The van der Waals surface area contributed by atoms with Gasteiger partial charge in [-0.2, -0.15) is 5.10 Å². The lowest BCUT2D eigenvalue weighted by atomic mass is 10.1. The van der Waals surface area contributed by atoms with Gasteiger partial charge < -0.3 is 4.74 Å². The van der Waals surface area contributed by atoms with Crippen molar-refractivity contribution in [3.63, 3.8) is 0 Å². The Balaban J connectivity index is 1.31. The summed E-state index contributed by atoms with van der Waals surface area (Å²) in [6, 6.07) is 16.7. The summed E-state index contributed by atoms with van der Waals surface area (Å²) in [6.07, 6.45) is 10.6. The molecule has 4 aromatic rings. The Labute approximate surface area is 187 Å². The van der Waals surface area contributed by atoms with Crippen molar-refractivity contribution in [2.24, 2.45) is 0 Å². The molecule has 158 valence electrons. The van der Waals surface area contributed by atoms with Crippen LogP contribution >= 0.6 is 11.8 Å². The van der Waals surface area contributed by atoms with Gasteiger partial charge >= 0.3 is 0 Å². The van der Waals surface area contributed by atoms with Gasteiger partial charge in [0.15, 0.2) is 5.65 Å². The van der Waals surface area contributed by atoms with Gasteiger partial charge in [0, 0.05) is 35.0 Å². The molecule has 0 atom stereocenters. The van der Waals surface area contributed by atoms with Crippen LogP contribution in [0.3, 0.4) is 0 Å². The van der Waals surface area contributed by atoms with Crippen LogP contribution in [0.4, 0.5) is 0 Å². The summed E-state index contributed by atoms with van der Waals surface area (Å²) in [4.78, 5) is 8.42. The molecule has 2 aromatic heterocycles. The van der Waals surface area contributed by atoms with Gasteiger partial charge in [0.25, 0.3) is 0 Å². The molecule has 5 nitrogen and oxygen atoms in total. The molecule has 0 radical (unpaired) electrons. The first-order chi connectivity index (χ1) is 15.3. The Morgan fingerprint density at radius 1 is 0.968 bits per heavy atom. The zero-order valence-electron chi connectivity index (χ0n) is 17.7. The summed E-state index contributed by atoms with van der Waals surface area (Å²) in [7, 11) is 0. The third-order valence-electron chi connectivity index (χ3n) is 5.80. The Morgan fingerprint density at radius 2 is 1.81 bits per heavy atom. The van der Waals surface area contributed by atoms with Crippen LogP contribution in [0.25, 0.3) is 27.9 Å². The second kappa shape index (κ2) is 9.12. The Morgan fingerprint density at radius 3 is 2.61 bits per heavy atom. The van der Waals surface area contributed by atoms with Gasteiger partial charge in [0.05, 0.1) is 6.20 Å². The molecule has 1 saturated heterocycles. The number of hydrogen-bond acceptors (Lipinski definition) is 5. The van der Waals surface area contributed by atoms with Gasteiger partial charge in [-0.3, -0.25) is 4.90 Å². The second-order valence-corrected chi connectivity index (χ2v) is 8.70. The fraction of sp³-hybridized carbons (Fsp3) is 0.280. The molecule has 0 amide bonds. The van der Waals surface area contributed by atoms with Crippen LogP contribution in [0.1, 0.15) is 12.8 Å². The summed E-state index contributed by atoms with van der Waals surface area (Å²) >= 11 is 1.74. The van der Waals surface area contributed by atoms with Crippen LogP contribution in [-0.2, 0) is 0 Å². The molecule has 2 aromatic carbocycles. The summed E-state index contributed by atoms with van der Waals surface area (Å²) in [5.41, 5.74) is 5.18. The van der Waals surface area contributed by atoms with Gasteiger partial charge in [0.2, 0.25) is 0 Å². The molecule has 0 unspecified atom stereocenters. The van der Waals surface area contributed by atoms with Crippen LogP contribution < -0.4 is 4.74 Å². The fourth-order valence-corrected chi connectivity index (χ4v) is 4.52. The zero-order valence-corrected chi connectivity index (χ0v) is 18.5. The minimum absolute atomic E-state index is 0.737. The third-order valence-corrected chi connectivity index (χ3v) is 6.53. The Kier molecular flexibility index (Phi) is 5.91. The van der Waals surface area contributed by atoms with Gasteiger partial charge in [-0.05, 0) is 67.6 Å². The summed E-state index contributed by atoms with van der Waals surface area (Å²) in [5.74, 6) is 0.909. The molecule has 0 bridgehead atoms. The second-order valence-electron chi connectivity index (χ2n) is 7.82. The topological polar surface area (TPSA) is 42.7 Å². The number of nitrogens with zero attached hydrogens (tertiary/aromatic N) is 4. The molecule has 0 N–H and O–H groups in total. The highest BCUT2D eigenvalue weighted by Crippen LogP contribution is 2.28. The Hall–Kier alpha value is -2.83. The van der Waals surface area contributed by atoms with Gasteiger partial charge in [-0.15, -0.1) is 11.8 Å². The zero-order chi connectivity index (χ0) is 21.0. The minimum atomic E-state index is 0.737. The molecule has 0 spiro atoms. The van der Waals surface area contributed by atoms with E-state index in [1.165, 1.54) is 30.8 Å². The largest absolute Gasteiger partial charge is 0.492 e. The minimum Gasteiger partial charge on any atom is -0.492 e. The van der Waals surface area contributed by atoms with E-state index in [9.17, 15) is 0 Å². The first-order valence-electron chi connectivity index (χ1n) is 10.7. The third kappa shape index (κ3) is 4.45. The lowest BCUT2D eigenvalue weighted by molar-refractivity contribution is 0.238. The molecule has 31 heavy (non-hydrogen) atoms. The molecule has 0 saturated carbocycles. The maximum atomic E-state index is 5.92. The molecule has 3 heterocycles. The lowest BCUT2D eigenvalue weighted by Gasteiger charge is -2.15. The Bertz CT molecular complexity index is 1170. The first kappa shape index (κ1) is 20.1. The monoisotopic (exact) mass is 430 g/mol. The van der Waals surface area contributed by atoms with Gasteiger partial charge in [-0.1, -0.05) is 24.3 Å². The number of benzene rings is 2. The van der Waals surface area contributed by atoms with Crippen molar-refractivity contribution in [3.05, 3.63) is 67.1 Å². The predicted octanol–water partition coefficient (Wildman–Crippen LogP) is 5.26. The summed E-state index contributed by atoms with van der Waals surface area (Å²) in [5, 5.41) is 4.55. The van der Waals surface area contributed by atoms with E-state index < -0.39 is 0 Å². The molecule has 1 aliphatic heterocycles. The van der Waals surface area contributed by atoms with E-state index in [1.807, 2.05) is 35.2 Å². The highest BCUT2D eigenvalue weighted by atomic mass is 32.2. The molecule has 1 fully saturated rings. The van der Waals surface area contributed by atoms with Crippen molar-refractivity contribution >= 4 is 17.4 Å². The fourth-order valence-electron chi connectivity index (χ4n) is 4.06. The number of aromatic nitrogens is 3. The number of likely N-dealkylation sites (tertiary alicyclic amines) is 1. The van der Waals surface area contributed by atoms with E-state index in [0.29, 0.717) is 0 Å². The van der Waals surface area contributed by atoms with Crippen molar-refractivity contribution in [1.29, 1.82) is 0 Å². The van der Waals surface area contributed by atoms with E-state index in [4.69, 9.17) is 9.72 Å². The van der Waals surface area contributed by atoms with Crippen LogP contribution in [0.5, 0.6) is 5.75 Å². The number of ether oxygens (including phenoxy) is 1. The van der Waals surface area contributed by atoms with E-state index >= 15 is 0 Å². The van der Waals surface area contributed by atoms with Crippen molar-refractivity contribution in [1.82, 2.24) is 19.5 Å². The maximum absolute atomic E-state index is 5.92. The normalized spacial score (nSPS) is 14.4. The average molecular weight is 431 g/mol. The summed E-state index contributed by atoms with van der Waals surface area (Å²) in [6.45, 7) is 4.15. The van der Waals surface area contributed by atoms with Crippen molar-refractivity contribution < 1.29 is 4.74 Å². The maximum Gasteiger partial charge on any atom is 0.162 e. The average Bonchev–Trinajstić information content (AvgIpc) is 3.49. The number of thioether (sulfide) groups is 1.